The summed E-state index contributed by atoms with van der Waals surface area (Å²) in [6.07, 6.45) is 0. The van der Waals surface area contributed by atoms with Crippen LogP contribution in [0, 0.1) is 6.92 Å². The van der Waals surface area contributed by atoms with Gasteiger partial charge in [0.05, 0.1) is 17.0 Å². The summed E-state index contributed by atoms with van der Waals surface area (Å²) < 4.78 is 12.1. The van der Waals surface area contributed by atoms with E-state index in [1.165, 1.54) is 6.92 Å². The first-order valence-corrected chi connectivity index (χ1v) is 12.7. The molecular formula is C33H25NO5. The average Bonchev–Trinajstić information content (AvgIpc) is 3.25. The first kappa shape index (κ1) is 24.4. The second kappa shape index (κ2) is 9.72. The molecule has 6 heteroatoms. The van der Waals surface area contributed by atoms with Crippen molar-refractivity contribution in [2.45, 2.75) is 26.5 Å². The second-order valence-electron chi connectivity index (χ2n) is 9.70. The monoisotopic (exact) mass is 515 g/mol. The summed E-state index contributed by atoms with van der Waals surface area (Å²) in [4.78, 5) is 41.2. The molecular weight excluding hydrogens is 490 g/mol. The normalized spacial score (nSPS) is 14.5. The van der Waals surface area contributed by atoms with Crippen molar-refractivity contribution < 1.29 is 18.7 Å². The molecule has 6 nitrogen and oxygen atoms in total. The maximum Gasteiger partial charge on any atom is 0.295 e. The van der Waals surface area contributed by atoms with Gasteiger partial charge in [0.2, 0.25) is 5.76 Å². The smallest absolute Gasteiger partial charge is 0.295 e. The highest BCUT2D eigenvalue weighted by atomic mass is 16.5. The van der Waals surface area contributed by atoms with Gasteiger partial charge in [-0.2, -0.15) is 0 Å². The molecule has 1 aliphatic rings. The average molecular weight is 516 g/mol. The summed E-state index contributed by atoms with van der Waals surface area (Å²) in [7, 11) is 0. The van der Waals surface area contributed by atoms with Crippen molar-refractivity contribution in [3.8, 4) is 5.75 Å². The van der Waals surface area contributed by atoms with Gasteiger partial charge < -0.3 is 9.15 Å². The molecule has 0 aliphatic carbocycles. The van der Waals surface area contributed by atoms with Crippen LogP contribution in [0.2, 0.25) is 0 Å². The molecule has 1 atom stereocenters. The van der Waals surface area contributed by atoms with E-state index < -0.39 is 11.9 Å². The van der Waals surface area contributed by atoms with Crippen LogP contribution in [0.1, 0.15) is 56.1 Å². The number of fused-ring (bicyclic) bond motifs is 2. The lowest BCUT2D eigenvalue weighted by molar-refractivity contribution is 0.0970. The van der Waals surface area contributed by atoms with Gasteiger partial charge in [-0.1, -0.05) is 54.1 Å². The fourth-order valence-corrected chi connectivity index (χ4v) is 5.04. The quantitative estimate of drug-likeness (QED) is 0.237. The topological polar surface area (TPSA) is 76.8 Å². The second-order valence-corrected chi connectivity index (χ2v) is 9.70. The molecule has 0 saturated heterocycles. The highest BCUT2D eigenvalue weighted by Crippen LogP contribution is 2.42. The minimum atomic E-state index is -0.739. The lowest BCUT2D eigenvalue weighted by atomic mass is 9.97. The number of aryl methyl sites for hydroxylation is 1. The number of hydrogen-bond acceptors (Lipinski definition) is 5. The Morgan fingerprint density at radius 2 is 1.67 bits per heavy atom. The number of anilines is 1. The van der Waals surface area contributed by atoms with E-state index in [9.17, 15) is 14.4 Å². The van der Waals surface area contributed by atoms with E-state index in [-0.39, 0.29) is 22.5 Å². The number of benzene rings is 4. The van der Waals surface area contributed by atoms with Crippen molar-refractivity contribution in [2.75, 3.05) is 4.90 Å². The molecule has 0 bridgehead atoms. The Morgan fingerprint density at radius 1 is 0.897 bits per heavy atom. The number of rotatable bonds is 6. The van der Waals surface area contributed by atoms with Crippen LogP contribution in [0.5, 0.6) is 5.75 Å². The molecule has 1 aromatic heterocycles. The summed E-state index contributed by atoms with van der Waals surface area (Å²) in [6, 6.07) is 28.7. The van der Waals surface area contributed by atoms with E-state index in [0.717, 1.165) is 11.1 Å². The Labute approximate surface area is 225 Å². The Balaban J connectivity index is 1.49. The number of nitrogens with zero attached hydrogens (tertiary/aromatic N) is 1. The summed E-state index contributed by atoms with van der Waals surface area (Å²) in [5, 5.41) is 0.428. The van der Waals surface area contributed by atoms with Crippen LogP contribution >= 0.6 is 0 Å². The van der Waals surface area contributed by atoms with Crippen LogP contribution in [0.3, 0.4) is 0 Å². The largest absolute Gasteiger partial charge is 0.489 e. The zero-order chi connectivity index (χ0) is 27.1. The van der Waals surface area contributed by atoms with Gasteiger partial charge >= 0.3 is 0 Å². The van der Waals surface area contributed by atoms with E-state index in [2.05, 4.69) is 0 Å². The molecule has 6 rings (SSSR count). The molecule has 39 heavy (non-hydrogen) atoms. The van der Waals surface area contributed by atoms with Crippen molar-refractivity contribution >= 4 is 28.3 Å². The van der Waals surface area contributed by atoms with Crippen LogP contribution in [-0.2, 0) is 6.61 Å². The first-order chi connectivity index (χ1) is 18.9. The Morgan fingerprint density at radius 3 is 2.41 bits per heavy atom. The predicted octanol–water partition coefficient (Wildman–Crippen LogP) is 6.63. The molecule has 1 unspecified atom stereocenters. The van der Waals surface area contributed by atoms with E-state index in [1.54, 1.807) is 41.3 Å². The van der Waals surface area contributed by atoms with E-state index in [4.69, 9.17) is 9.15 Å². The van der Waals surface area contributed by atoms with E-state index in [0.29, 0.717) is 40.1 Å². The van der Waals surface area contributed by atoms with Crippen LogP contribution in [0.4, 0.5) is 5.69 Å². The predicted molar refractivity (Wildman–Crippen MR) is 150 cm³/mol. The zero-order valence-corrected chi connectivity index (χ0v) is 21.5. The van der Waals surface area contributed by atoms with Crippen molar-refractivity contribution in [3.63, 3.8) is 0 Å². The maximum absolute atomic E-state index is 13.9. The number of amides is 1. The zero-order valence-electron chi connectivity index (χ0n) is 21.5. The van der Waals surface area contributed by atoms with Crippen molar-refractivity contribution in [2.24, 2.45) is 0 Å². The van der Waals surface area contributed by atoms with Crippen molar-refractivity contribution in [1.82, 2.24) is 0 Å². The minimum absolute atomic E-state index is 0.0209. The van der Waals surface area contributed by atoms with Crippen LogP contribution in [0.15, 0.2) is 106 Å². The first-order valence-electron chi connectivity index (χ1n) is 12.7. The highest BCUT2D eigenvalue weighted by Gasteiger charge is 2.43. The van der Waals surface area contributed by atoms with E-state index >= 15 is 0 Å². The van der Waals surface area contributed by atoms with Crippen LogP contribution in [0.25, 0.3) is 11.0 Å². The fourth-order valence-electron chi connectivity index (χ4n) is 5.04. The van der Waals surface area contributed by atoms with Gasteiger partial charge in [0.1, 0.15) is 17.9 Å². The standard InChI is InChI=1S/C33H25NO5/c1-20-11-16-28-27(17-20)31(36)29-30(24-9-6-10-26(18-24)38-19-22-7-4-3-5-8-22)34(33(37)32(29)39-28)25-14-12-23(13-15-25)21(2)35/h3-18,30H,19H2,1-2H3. The van der Waals surface area contributed by atoms with Gasteiger partial charge in [0.15, 0.2) is 11.2 Å². The SMILES string of the molecule is CC(=O)c1ccc(N2C(=O)c3oc4ccc(C)cc4c(=O)c3C2c2cccc(OCc3ccccc3)c2)cc1. The molecule has 0 saturated carbocycles. The summed E-state index contributed by atoms with van der Waals surface area (Å²) in [6.45, 7) is 3.78. The number of ether oxygens (including phenoxy) is 1. The third kappa shape index (κ3) is 4.40. The van der Waals surface area contributed by atoms with Crippen LogP contribution in [-0.4, -0.2) is 11.7 Å². The number of ketones is 1. The van der Waals surface area contributed by atoms with Gasteiger partial charge in [-0.15, -0.1) is 0 Å². The number of hydrogen-bond donors (Lipinski definition) is 0. The maximum atomic E-state index is 13.9. The molecule has 5 aromatic rings. The molecule has 0 fully saturated rings. The van der Waals surface area contributed by atoms with Gasteiger partial charge in [-0.05, 0) is 73.5 Å². The number of Topliss-reactive ketones (excluding diaryl/α,β-unsaturated/α-hetero) is 1. The van der Waals surface area contributed by atoms with Crippen molar-refractivity contribution in [3.05, 3.63) is 141 Å². The van der Waals surface area contributed by atoms with Gasteiger partial charge in [-0.25, -0.2) is 0 Å². The van der Waals surface area contributed by atoms with E-state index in [1.807, 2.05) is 67.6 Å². The molecule has 4 aromatic carbocycles. The Bertz CT molecular complexity index is 1790. The Hall–Kier alpha value is -4.97. The molecule has 1 amide bonds. The summed E-state index contributed by atoms with van der Waals surface area (Å²) in [5.74, 6) is 0.148. The molecule has 1 aliphatic heterocycles. The lowest BCUT2D eigenvalue weighted by Gasteiger charge is -2.25. The van der Waals surface area contributed by atoms with Crippen molar-refractivity contribution in [1.29, 1.82) is 0 Å². The minimum Gasteiger partial charge on any atom is -0.489 e. The molecule has 0 radical (unpaired) electrons. The fraction of sp³-hybridized carbons (Fsp3) is 0.121. The number of carbonyl (C=O) groups is 2. The lowest BCUT2D eigenvalue weighted by Crippen LogP contribution is -2.29. The highest BCUT2D eigenvalue weighted by molar-refractivity contribution is 6.11. The summed E-state index contributed by atoms with van der Waals surface area (Å²) in [5.41, 5.74) is 4.15. The van der Waals surface area contributed by atoms with Crippen LogP contribution < -0.4 is 15.1 Å². The molecule has 0 N–H and O–H groups in total. The third-order valence-electron chi connectivity index (χ3n) is 7.00. The Kier molecular flexibility index (Phi) is 6.08. The molecule has 2 heterocycles. The molecule has 0 spiro atoms. The molecule has 192 valence electrons. The van der Waals surface area contributed by atoms with Gasteiger partial charge in [0.25, 0.3) is 5.91 Å². The number of carbonyl (C=O) groups excluding carboxylic acids is 2. The van der Waals surface area contributed by atoms with Gasteiger partial charge in [-0.3, -0.25) is 19.3 Å². The summed E-state index contributed by atoms with van der Waals surface area (Å²) >= 11 is 0. The van der Waals surface area contributed by atoms with Gasteiger partial charge in [0, 0.05) is 11.3 Å². The third-order valence-corrected chi connectivity index (χ3v) is 7.00.